The Labute approximate surface area is 192 Å². The van der Waals surface area contributed by atoms with Gasteiger partial charge in [-0.3, -0.25) is 4.90 Å². The Morgan fingerprint density at radius 1 is 1.06 bits per heavy atom. The lowest BCUT2D eigenvalue weighted by Gasteiger charge is -2.33. The number of rotatable bonds is 6. The minimum Gasteiger partial charge on any atom is -0.300 e. The second-order valence-corrected chi connectivity index (χ2v) is 10.1. The molecule has 0 aliphatic carbocycles. The quantitative estimate of drug-likeness (QED) is 0.511. The summed E-state index contributed by atoms with van der Waals surface area (Å²) in [5.41, 5.74) is 2.18. The maximum absolute atomic E-state index is 13.2. The summed E-state index contributed by atoms with van der Waals surface area (Å²) in [6, 6.07) is 13.1. The fourth-order valence-corrected chi connectivity index (χ4v) is 5.61. The molecule has 0 atom stereocenters. The first-order chi connectivity index (χ1) is 15.3. The largest absolute Gasteiger partial charge is 0.300 e. The van der Waals surface area contributed by atoms with E-state index in [2.05, 4.69) is 11.0 Å². The summed E-state index contributed by atoms with van der Waals surface area (Å²) in [4.78, 5) is 2.25. The average Bonchev–Trinajstić information content (AvgIpc) is 3.09. The number of piperazine rings is 1. The number of aryl methyl sites for hydroxylation is 1. The van der Waals surface area contributed by atoms with Gasteiger partial charge in [-0.2, -0.15) is 9.40 Å². The maximum atomic E-state index is 13.2. The number of hydrogen-bond acceptors (Lipinski definition) is 5. The highest BCUT2D eigenvalue weighted by atomic mass is 32.2. The van der Waals surface area contributed by atoms with Crippen molar-refractivity contribution in [3.63, 3.8) is 0 Å². The van der Waals surface area contributed by atoms with E-state index < -0.39 is 15.8 Å². The van der Waals surface area contributed by atoms with Crippen LogP contribution in [-0.4, -0.2) is 58.1 Å². The third kappa shape index (κ3) is 4.54. The van der Waals surface area contributed by atoms with Gasteiger partial charge in [0.15, 0.2) is 10.6 Å². The van der Waals surface area contributed by atoms with Crippen LogP contribution < -0.4 is 0 Å². The van der Waals surface area contributed by atoms with Crippen molar-refractivity contribution < 1.29 is 12.8 Å². The van der Waals surface area contributed by atoms with Crippen molar-refractivity contribution >= 4 is 22.2 Å². The highest BCUT2D eigenvalue weighted by Crippen LogP contribution is 2.21. The smallest absolute Gasteiger partial charge is 0.243 e. The van der Waals surface area contributed by atoms with E-state index in [-0.39, 0.29) is 4.90 Å². The Balaban J connectivity index is 1.48. The van der Waals surface area contributed by atoms with Gasteiger partial charge in [-0.05, 0) is 56.4 Å². The normalized spacial score (nSPS) is 15.8. The fraction of sp³-hybridized carbons (Fsp3) is 0.364. The highest BCUT2D eigenvalue weighted by Gasteiger charge is 2.29. The SMILES string of the molecule is CCn1c(-c2cccc(C)c2)nn(CN2CCN(S(=O)(=O)c3ccc(F)cc3)CC2)c1=S. The topological polar surface area (TPSA) is 63.4 Å². The number of hydrogen-bond donors (Lipinski definition) is 0. The van der Waals surface area contributed by atoms with Gasteiger partial charge in [-0.25, -0.2) is 17.5 Å². The van der Waals surface area contributed by atoms with Crippen LogP contribution in [0.3, 0.4) is 0 Å². The Morgan fingerprint density at radius 2 is 1.75 bits per heavy atom. The van der Waals surface area contributed by atoms with Gasteiger partial charge < -0.3 is 4.57 Å². The molecule has 0 radical (unpaired) electrons. The van der Waals surface area contributed by atoms with E-state index in [0.29, 0.717) is 44.2 Å². The maximum Gasteiger partial charge on any atom is 0.243 e. The van der Waals surface area contributed by atoms with Crippen molar-refractivity contribution in [3.8, 4) is 11.4 Å². The van der Waals surface area contributed by atoms with E-state index in [1.807, 2.05) is 36.6 Å². The van der Waals surface area contributed by atoms with Crippen molar-refractivity contribution in [3.05, 3.63) is 64.7 Å². The zero-order chi connectivity index (χ0) is 22.9. The molecular weight excluding hydrogens is 449 g/mol. The Bertz CT molecular complexity index is 1260. The summed E-state index contributed by atoms with van der Waals surface area (Å²) in [6.45, 7) is 7.12. The lowest BCUT2D eigenvalue weighted by Crippen LogP contribution is -2.48. The predicted molar refractivity (Wildman–Crippen MR) is 124 cm³/mol. The number of halogens is 1. The monoisotopic (exact) mass is 475 g/mol. The molecule has 0 N–H and O–H groups in total. The number of aromatic nitrogens is 3. The van der Waals surface area contributed by atoms with Crippen molar-refractivity contribution in [1.29, 1.82) is 0 Å². The zero-order valence-electron chi connectivity index (χ0n) is 18.1. The molecule has 4 rings (SSSR count). The second kappa shape index (κ2) is 9.22. The third-order valence-corrected chi connectivity index (χ3v) is 7.98. The third-order valence-electron chi connectivity index (χ3n) is 5.63. The average molecular weight is 476 g/mol. The molecule has 1 saturated heterocycles. The van der Waals surface area contributed by atoms with E-state index in [1.54, 1.807) is 4.68 Å². The van der Waals surface area contributed by atoms with Crippen LogP contribution in [0.2, 0.25) is 0 Å². The molecule has 7 nitrogen and oxygen atoms in total. The summed E-state index contributed by atoms with van der Waals surface area (Å²) in [6.07, 6.45) is 0. The van der Waals surface area contributed by atoms with Crippen LogP contribution in [0.1, 0.15) is 12.5 Å². The molecular formula is C22H26FN5O2S2. The van der Waals surface area contributed by atoms with E-state index in [1.165, 1.54) is 28.6 Å². The minimum absolute atomic E-state index is 0.110. The molecule has 1 aliphatic rings. The van der Waals surface area contributed by atoms with Gasteiger partial charge in [0.1, 0.15) is 5.82 Å². The van der Waals surface area contributed by atoms with Gasteiger partial charge in [-0.1, -0.05) is 23.8 Å². The van der Waals surface area contributed by atoms with Gasteiger partial charge in [0, 0.05) is 38.3 Å². The molecule has 1 aliphatic heterocycles. The molecule has 1 aromatic heterocycles. The molecule has 10 heteroatoms. The predicted octanol–water partition coefficient (Wildman–Crippen LogP) is 3.51. The standard InChI is InChI=1S/C22H26FN5O2S2/c1-3-27-21(18-6-4-5-17(2)15-18)24-28(22(27)31)16-25-11-13-26(14-12-25)32(29,30)20-9-7-19(23)8-10-20/h4-10,15H,3,11-14,16H2,1-2H3. The molecule has 170 valence electrons. The minimum atomic E-state index is -3.64. The first kappa shape index (κ1) is 22.8. The van der Waals surface area contributed by atoms with Crippen LogP contribution in [0.5, 0.6) is 0 Å². The lowest BCUT2D eigenvalue weighted by atomic mass is 10.1. The fourth-order valence-electron chi connectivity index (χ4n) is 3.87. The van der Waals surface area contributed by atoms with Gasteiger partial charge in [0.2, 0.25) is 10.0 Å². The summed E-state index contributed by atoms with van der Waals surface area (Å²) in [5.74, 6) is 0.376. The Hall–Kier alpha value is -2.40. The van der Waals surface area contributed by atoms with E-state index in [4.69, 9.17) is 17.3 Å². The molecule has 2 heterocycles. The summed E-state index contributed by atoms with van der Waals surface area (Å²) < 4.78 is 44.7. The van der Waals surface area contributed by atoms with Crippen molar-refractivity contribution in [2.24, 2.45) is 0 Å². The van der Waals surface area contributed by atoms with Gasteiger partial charge in [-0.15, -0.1) is 0 Å². The molecule has 0 unspecified atom stereocenters. The van der Waals surface area contributed by atoms with Crippen LogP contribution in [-0.2, 0) is 23.2 Å². The van der Waals surface area contributed by atoms with Crippen LogP contribution in [0, 0.1) is 17.5 Å². The first-order valence-corrected chi connectivity index (χ1v) is 12.4. The Kier molecular flexibility index (Phi) is 6.57. The summed E-state index contributed by atoms with van der Waals surface area (Å²) in [7, 11) is -3.64. The van der Waals surface area contributed by atoms with Gasteiger partial charge in [0.25, 0.3) is 0 Å². The van der Waals surface area contributed by atoms with Gasteiger partial charge >= 0.3 is 0 Å². The molecule has 0 saturated carbocycles. The second-order valence-electron chi connectivity index (χ2n) is 7.84. The summed E-state index contributed by atoms with van der Waals surface area (Å²) >= 11 is 5.67. The van der Waals surface area contributed by atoms with Crippen LogP contribution >= 0.6 is 12.2 Å². The van der Waals surface area contributed by atoms with Crippen LogP contribution in [0.15, 0.2) is 53.4 Å². The van der Waals surface area contributed by atoms with E-state index >= 15 is 0 Å². The molecule has 0 amide bonds. The number of sulfonamides is 1. The molecule has 32 heavy (non-hydrogen) atoms. The number of benzene rings is 2. The Morgan fingerprint density at radius 3 is 2.38 bits per heavy atom. The van der Waals surface area contributed by atoms with Crippen molar-refractivity contribution in [2.45, 2.75) is 32.0 Å². The van der Waals surface area contributed by atoms with Crippen LogP contribution in [0.25, 0.3) is 11.4 Å². The van der Waals surface area contributed by atoms with Crippen LogP contribution in [0.4, 0.5) is 4.39 Å². The highest BCUT2D eigenvalue weighted by molar-refractivity contribution is 7.89. The van der Waals surface area contributed by atoms with E-state index in [0.717, 1.165) is 17.0 Å². The molecule has 0 bridgehead atoms. The summed E-state index contributed by atoms with van der Waals surface area (Å²) in [5, 5.41) is 4.78. The van der Waals surface area contributed by atoms with Crippen molar-refractivity contribution in [2.75, 3.05) is 26.2 Å². The van der Waals surface area contributed by atoms with Gasteiger partial charge in [0.05, 0.1) is 11.6 Å². The molecule has 0 spiro atoms. The molecule has 3 aromatic rings. The number of nitrogens with zero attached hydrogens (tertiary/aromatic N) is 5. The lowest BCUT2D eigenvalue weighted by molar-refractivity contribution is 0.144. The van der Waals surface area contributed by atoms with E-state index in [9.17, 15) is 12.8 Å². The zero-order valence-corrected chi connectivity index (χ0v) is 19.7. The molecule has 2 aromatic carbocycles. The first-order valence-electron chi connectivity index (χ1n) is 10.5. The molecule has 1 fully saturated rings. The van der Waals surface area contributed by atoms with Crippen molar-refractivity contribution in [1.82, 2.24) is 23.6 Å².